The summed E-state index contributed by atoms with van der Waals surface area (Å²) in [6.07, 6.45) is 0.473. The number of fused-ring (bicyclic) bond motifs is 2. The van der Waals surface area contributed by atoms with E-state index in [2.05, 4.69) is 17.6 Å². The third-order valence-corrected chi connectivity index (χ3v) is 4.59. The monoisotopic (exact) mass is 313 g/mol. The highest BCUT2D eigenvalue weighted by atomic mass is 32.2. The standard InChI is InChI=1S/C17H19N3OS/c1-19(2)12-11-17(21)18-20-13-7-3-5-9-15(13)22-16-10-6-4-8-14(16)20/h3-10H,11-12H2,1-2H3,(H,18,21). The predicted molar refractivity (Wildman–Crippen MR) is 90.5 cm³/mol. The minimum absolute atomic E-state index is 0.0187. The van der Waals surface area contributed by atoms with Gasteiger partial charge in [0.1, 0.15) is 0 Å². The summed E-state index contributed by atoms with van der Waals surface area (Å²) in [7, 11) is 3.94. The zero-order valence-corrected chi connectivity index (χ0v) is 13.6. The van der Waals surface area contributed by atoms with E-state index in [1.807, 2.05) is 60.4 Å². The molecule has 0 fully saturated rings. The largest absolute Gasteiger partial charge is 0.309 e. The Morgan fingerprint density at radius 2 is 1.59 bits per heavy atom. The Labute approximate surface area is 135 Å². The third-order valence-electron chi connectivity index (χ3n) is 3.45. The first-order chi connectivity index (χ1) is 10.6. The lowest BCUT2D eigenvalue weighted by molar-refractivity contribution is -0.121. The Morgan fingerprint density at radius 1 is 1.05 bits per heavy atom. The Bertz CT molecular complexity index is 642. The van der Waals surface area contributed by atoms with Gasteiger partial charge in [0, 0.05) is 22.8 Å². The number of para-hydroxylation sites is 2. The van der Waals surface area contributed by atoms with Crippen LogP contribution in [0.3, 0.4) is 0 Å². The fraction of sp³-hybridized carbons (Fsp3) is 0.235. The first-order valence-corrected chi connectivity index (χ1v) is 8.07. The number of hydrazine groups is 1. The molecule has 1 N–H and O–H groups in total. The van der Waals surface area contributed by atoms with E-state index in [1.165, 1.54) is 0 Å². The van der Waals surface area contributed by atoms with Crippen molar-refractivity contribution >= 4 is 29.0 Å². The summed E-state index contributed by atoms with van der Waals surface area (Å²) >= 11 is 1.73. The second-order valence-corrected chi connectivity index (χ2v) is 6.54. The Kier molecular flexibility index (Phi) is 4.36. The maximum atomic E-state index is 12.2. The van der Waals surface area contributed by atoms with Crippen LogP contribution >= 0.6 is 11.8 Å². The van der Waals surface area contributed by atoms with Gasteiger partial charge >= 0.3 is 0 Å². The average Bonchev–Trinajstić information content (AvgIpc) is 2.52. The molecule has 3 rings (SSSR count). The SMILES string of the molecule is CN(C)CCC(=O)NN1c2ccccc2Sc2ccccc21. The first kappa shape index (κ1) is 14.9. The van der Waals surface area contributed by atoms with Gasteiger partial charge in [0.15, 0.2) is 0 Å². The molecule has 0 spiro atoms. The zero-order valence-electron chi connectivity index (χ0n) is 12.7. The maximum Gasteiger partial charge on any atom is 0.240 e. The molecule has 0 radical (unpaired) electrons. The fourth-order valence-electron chi connectivity index (χ4n) is 2.33. The molecule has 2 aromatic carbocycles. The zero-order chi connectivity index (χ0) is 15.5. The fourth-order valence-corrected chi connectivity index (χ4v) is 3.39. The van der Waals surface area contributed by atoms with E-state index in [0.717, 1.165) is 27.7 Å². The Hall–Kier alpha value is -1.98. The van der Waals surface area contributed by atoms with Crippen molar-refractivity contribution in [3.63, 3.8) is 0 Å². The number of nitrogens with zero attached hydrogens (tertiary/aromatic N) is 2. The molecule has 114 valence electrons. The van der Waals surface area contributed by atoms with Crippen LogP contribution in [0.15, 0.2) is 58.3 Å². The molecule has 4 nitrogen and oxygen atoms in total. The summed E-state index contributed by atoms with van der Waals surface area (Å²) in [4.78, 5) is 16.6. The van der Waals surface area contributed by atoms with Gasteiger partial charge in [0.05, 0.1) is 11.4 Å². The molecule has 0 atom stereocenters. The van der Waals surface area contributed by atoms with Gasteiger partial charge in [-0.15, -0.1) is 0 Å². The number of hydrogen-bond acceptors (Lipinski definition) is 4. The molecule has 1 amide bonds. The van der Waals surface area contributed by atoms with E-state index in [-0.39, 0.29) is 5.91 Å². The van der Waals surface area contributed by atoms with Gasteiger partial charge < -0.3 is 4.90 Å². The summed E-state index contributed by atoms with van der Waals surface area (Å²) in [5.74, 6) is 0.0187. The van der Waals surface area contributed by atoms with E-state index in [0.29, 0.717) is 6.42 Å². The smallest absolute Gasteiger partial charge is 0.240 e. The summed E-state index contributed by atoms with van der Waals surface area (Å²) in [6, 6.07) is 16.2. The normalized spacial score (nSPS) is 12.8. The molecule has 0 aliphatic carbocycles. The number of anilines is 2. The minimum Gasteiger partial charge on any atom is -0.309 e. The van der Waals surface area contributed by atoms with Crippen molar-refractivity contribution in [3.8, 4) is 0 Å². The van der Waals surface area contributed by atoms with Gasteiger partial charge in [-0.3, -0.25) is 15.2 Å². The number of benzene rings is 2. The summed E-state index contributed by atoms with van der Waals surface area (Å²) in [6.45, 7) is 0.734. The molecule has 1 aliphatic rings. The van der Waals surface area contributed by atoms with Crippen LogP contribution in [0.25, 0.3) is 0 Å². The Balaban J connectivity index is 1.88. The van der Waals surface area contributed by atoms with Gasteiger partial charge in [0.2, 0.25) is 5.91 Å². The molecular formula is C17H19N3OS. The lowest BCUT2D eigenvalue weighted by Crippen LogP contribution is -2.41. The quantitative estimate of drug-likeness (QED) is 0.940. The van der Waals surface area contributed by atoms with Crippen LogP contribution < -0.4 is 10.4 Å². The second kappa shape index (κ2) is 6.42. The molecule has 0 unspecified atom stereocenters. The number of amides is 1. The number of carbonyl (C=O) groups excluding carboxylic acids is 1. The van der Waals surface area contributed by atoms with Gasteiger partial charge in [-0.1, -0.05) is 36.0 Å². The molecular weight excluding hydrogens is 294 g/mol. The van der Waals surface area contributed by atoms with Crippen LogP contribution in [0.1, 0.15) is 6.42 Å². The van der Waals surface area contributed by atoms with E-state index in [1.54, 1.807) is 11.8 Å². The number of carbonyl (C=O) groups is 1. The van der Waals surface area contributed by atoms with E-state index in [4.69, 9.17) is 0 Å². The van der Waals surface area contributed by atoms with Crippen LogP contribution in [-0.2, 0) is 4.79 Å². The average molecular weight is 313 g/mol. The van der Waals surface area contributed by atoms with Crippen molar-refractivity contribution in [1.29, 1.82) is 0 Å². The predicted octanol–water partition coefficient (Wildman–Crippen LogP) is 3.27. The van der Waals surface area contributed by atoms with Crippen molar-refractivity contribution in [1.82, 2.24) is 10.3 Å². The molecule has 0 saturated heterocycles. The number of rotatable bonds is 4. The molecule has 1 aliphatic heterocycles. The van der Waals surface area contributed by atoms with E-state index < -0.39 is 0 Å². The summed E-state index contributed by atoms with van der Waals surface area (Å²) < 4.78 is 0. The van der Waals surface area contributed by atoms with E-state index >= 15 is 0 Å². The highest BCUT2D eigenvalue weighted by Crippen LogP contribution is 2.46. The molecule has 22 heavy (non-hydrogen) atoms. The van der Waals surface area contributed by atoms with Gasteiger partial charge in [-0.2, -0.15) is 0 Å². The van der Waals surface area contributed by atoms with Gasteiger partial charge in [-0.25, -0.2) is 0 Å². The topological polar surface area (TPSA) is 35.6 Å². The molecule has 0 aromatic heterocycles. The second-order valence-electron chi connectivity index (χ2n) is 5.46. The van der Waals surface area contributed by atoms with Crippen molar-refractivity contribution < 1.29 is 4.79 Å². The van der Waals surface area contributed by atoms with Crippen LogP contribution in [0, 0.1) is 0 Å². The Morgan fingerprint density at radius 3 is 2.14 bits per heavy atom. The van der Waals surface area contributed by atoms with Crippen molar-refractivity contribution in [2.24, 2.45) is 0 Å². The first-order valence-electron chi connectivity index (χ1n) is 7.25. The number of nitrogens with one attached hydrogen (secondary N) is 1. The third kappa shape index (κ3) is 3.10. The molecule has 0 bridgehead atoms. The molecule has 2 aromatic rings. The van der Waals surface area contributed by atoms with Crippen molar-refractivity contribution in [3.05, 3.63) is 48.5 Å². The highest BCUT2D eigenvalue weighted by Gasteiger charge is 2.24. The summed E-state index contributed by atoms with van der Waals surface area (Å²) in [5, 5.41) is 1.90. The van der Waals surface area contributed by atoms with Crippen LogP contribution in [-0.4, -0.2) is 31.4 Å². The van der Waals surface area contributed by atoms with Gasteiger partial charge in [-0.05, 0) is 38.4 Å². The van der Waals surface area contributed by atoms with Gasteiger partial charge in [0.25, 0.3) is 0 Å². The van der Waals surface area contributed by atoms with Crippen molar-refractivity contribution in [2.75, 3.05) is 25.6 Å². The number of hydrogen-bond donors (Lipinski definition) is 1. The molecule has 5 heteroatoms. The molecule has 1 heterocycles. The van der Waals surface area contributed by atoms with Crippen LogP contribution in [0.4, 0.5) is 11.4 Å². The maximum absolute atomic E-state index is 12.2. The minimum atomic E-state index is 0.0187. The van der Waals surface area contributed by atoms with Crippen molar-refractivity contribution in [2.45, 2.75) is 16.2 Å². The lowest BCUT2D eigenvalue weighted by atomic mass is 10.2. The van der Waals surface area contributed by atoms with Crippen LogP contribution in [0.5, 0.6) is 0 Å². The molecule has 0 saturated carbocycles. The van der Waals surface area contributed by atoms with E-state index in [9.17, 15) is 4.79 Å². The van der Waals surface area contributed by atoms with Crippen LogP contribution in [0.2, 0.25) is 0 Å². The summed E-state index contributed by atoms with van der Waals surface area (Å²) in [5.41, 5.74) is 5.08. The highest BCUT2D eigenvalue weighted by molar-refractivity contribution is 7.99. The lowest BCUT2D eigenvalue weighted by Gasteiger charge is -2.32.